The van der Waals surface area contributed by atoms with Crippen LogP contribution in [0.5, 0.6) is 0 Å². The molecule has 2 heterocycles. The summed E-state index contributed by atoms with van der Waals surface area (Å²) in [5.41, 5.74) is 0.113. The molecule has 1 aliphatic rings. The number of aromatic nitrogens is 1. The number of amides is 1. The molecule has 1 saturated heterocycles. The van der Waals surface area contributed by atoms with Crippen molar-refractivity contribution in [3.05, 3.63) is 95.2 Å². The van der Waals surface area contributed by atoms with Crippen molar-refractivity contribution in [2.75, 3.05) is 31.1 Å². The zero-order chi connectivity index (χ0) is 24.1. The molecule has 1 amide bonds. The SMILES string of the molecule is O=C(c1ccccc1C(F)(F)F)N1CCN(c2ccc(C#CC(O)c3ccccc3)cn2)CC1. The van der Waals surface area contributed by atoms with Crippen LogP contribution in [0.3, 0.4) is 0 Å². The van der Waals surface area contributed by atoms with Crippen molar-refractivity contribution >= 4 is 11.7 Å². The first-order chi connectivity index (χ1) is 16.3. The van der Waals surface area contributed by atoms with Crippen LogP contribution in [0, 0.1) is 11.8 Å². The van der Waals surface area contributed by atoms with E-state index in [1.165, 1.54) is 23.1 Å². The molecule has 1 aliphatic heterocycles. The summed E-state index contributed by atoms with van der Waals surface area (Å²) in [7, 11) is 0. The highest BCUT2D eigenvalue weighted by Gasteiger charge is 2.36. The third-order valence-electron chi connectivity index (χ3n) is 5.57. The second kappa shape index (κ2) is 9.98. The third-order valence-corrected chi connectivity index (χ3v) is 5.57. The molecule has 1 atom stereocenters. The molecule has 0 saturated carbocycles. The number of aliphatic hydroxyl groups excluding tert-OH is 1. The van der Waals surface area contributed by atoms with Crippen LogP contribution >= 0.6 is 0 Å². The van der Waals surface area contributed by atoms with Crippen LogP contribution in [0.4, 0.5) is 19.0 Å². The van der Waals surface area contributed by atoms with Crippen molar-refractivity contribution < 1.29 is 23.1 Å². The summed E-state index contributed by atoms with van der Waals surface area (Å²) in [4.78, 5) is 20.6. The van der Waals surface area contributed by atoms with Gasteiger partial charge >= 0.3 is 6.18 Å². The lowest BCUT2D eigenvalue weighted by atomic mass is 10.1. The Hall–Kier alpha value is -3.83. The number of alkyl halides is 3. The summed E-state index contributed by atoms with van der Waals surface area (Å²) in [5.74, 6) is 5.77. The van der Waals surface area contributed by atoms with E-state index in [2.05, 4.69) is 16.8 Å². The lowest BCUT2D eigenvalue weighted by molar-refractivity contribution is -0.138. The highest BCUT2D eigenvalue weighted by molar-refractivity contribution is 5.96. The molecule has 1 aromatic heterocycles. The van der Waals surface area contributed by atoms with Gasteiger partial charge in [-0.25, -0.2) is 4.98 Å². The molecule has 1 N–H and O–H groups in total. The molecule has 8 heteroatoms. The van der Waals surface area contributed by atoms with Crippen molar-refractivity contribution in [1.29, 1.82) is 0 Å². The Kier molecular flexibility index (Phi) is 6.85. The Morgan fingerprint density at radius 1 is 0.941 bits per heavy atom. The maximum absolute atomic E-state index is 13.3. The van der Waals surface area contributed by atoms with E-state index in [4.69, 9.17) is 0 Å². The fourth-order valence-corrected chi connectivity index (χ4v) is 3.74. The zero-order valence-corrected chi connectivity index (χ0v) is 18.2. The summed E-state index contributed by atoms with van der Waals surface area (Å²) in [5, 5.41) is 10.2. The molecule has 4 rings (SSSR count). The lowest BCUT2D eigenvalue weighted by Crippen LogP contribution is -2.49. The van der Waals surface area contributed by atoms with Crippen molar-refractivity contribution in [3.63, 3.8) is 0 Å². The van der Waals surface area contributed by atoms with Crippen LogP contribution in [0.1, 0.15) is 33.2 Å². The topological polar surface area (TPSA) is 56.7 Å². The lowest BCUT2D eigenvalue weighted by Gasteiger charge is -2.35. The number of pyridine rings is 1. The minimum atomic E-state index is -4.58. The van der Waals surface area contributed by atoms with Gasteiger partial charge in [0.1, 0.15) is 11.9 Å². The van der Waals surface area contributed by atoms with Gasteiger partial charge in [0.25, 0.3) is 5.91 Å². The van der Waals surface area contributed by atoms with Gasteiger partial charge in [-0.3, -0.25) is 4.79 Å². The van der Waals surface area contributed by atoms with Gasteiger partial charge in [-0.05, 0) is 29.8 Å². The largest absolute Gasteiger partial charge is 0.417 e. The summed E-state index contributed by atoms with van der Waals surface area (Å²) >= 11 is 0. The molecule has 0 bridgehead atoms. The number of carbonyl (C=O) groups is 1. The first-order valence-corrected chi connectivity index (χ1v) is 10.7. The van der Waals surface area contributed by atoms with Gasteiger partial charge in [-0.1, -0.05) is 54.3 Å². The number of nitrogens with zero attached hydrogens (tertiary/aromatic N) is 3. The zero-order valence-electron chi connectivity index (χ0n) is 18.2. The van der Waals surface area contributed by atoms with Crippen molar-refractivity contribution in [1.82, 2.24) is 9.88 Å². The van der Waals surface area contributed by atoms with Gasteiger partial charge in [0, 0.05) is 37.9 Å². The molecule has 2 aromatic carbocycles. The molecule has 174 valence electrons. The maximum Gasteiger partial charge on any atom is 0.417 e. The normalized spacial score (nSPS) is 14.8. The number of aliphatic hydroxyl groups is 1. The Bertz CT molecular complexity index is 1190. The first-order valence-electron chi connectivity index (χ1n) is 10.7. The molecule has 3 aromatic rings. The van der Waals surface area contributed by atoms with Crippen molar-refractivity contribution in [3.8, 4) is 11.8 Å². The molecule has 0 radical (unpaired) electrons. The number of halogens is 3. The van der Waals surface area contributed by atoms with Crippen molar-refractivity contribution in [2.45, 2.75) is 12.3 Å². The third kappa shape index (κ3) is 5.38. The number of hydrogen-bond acceptors (Lipinski definition) is 4. The van der Waals surface area contributed by atoms with E-state index in [9.17, 15) is 23.1 Å². The predicted octanol–water partition coefficient (Wildman–Crippen LogP) is 4.15. The number of hydrogen-bond donors (Lipinski definition) is 1. The minimum Gasteiger partial charge on any atom is -0.376 e. The Morgan fingerprint density at radius 2 is 1.62 bits per heavy atom. The van der Waals surface area contributed by atoms with Crippen LogP contribution in [0.15, 0.2) is 72.9 Å². The van der Waals surface area contributed by atoms with E-state index >= 15 is 0 Å². The number of anilines is 1. The standard InChI is InChI=1S/C26H22F3N3O2/c27-26(28,29)22-9-5-4-8-21(22)25(34)32-16-14-31(15-17-32)24-13-11-19(18-30-24)10-12-23(33)20-6-2-1-3-7-20/h1-9,11,13,18,23,33H,14-17H2. The van der Waals surface area contributed by atoms with E-state index in [-0.39, 0.29) is 18.7 Å². The number of rotatable bonds is 3. The van der Waals surface area contributed by atoms with Crippen LogP contribution in [0.25, 0.3) is 0 Å². The summed E-state index contributed by atoms with van der Waals surface area (Å²) in [6.45, 7) is 1.48. The Labute approximate surface area is 195 Å². The minimum absolute atomic E-state index is 0.289. The molecule has 1 fully saturated rings. The Balaban J connectivity index is 1.37. The van der Waals surface area contributed by atoms with Gasteiger partial charge in [0.15, 0.2) is 0 Å². The highest BCUT2D eigenvalue weighted by Crippen LogP contribution is 2.32. The molecule has 0 spiro atoms. The average molecular weight is 465 g/mol. The van der Waals surface area contributed by atoms with E-state index in [0.29, 0.717) is 30.0 Å². The fourth-order valence-electron chi connectivity index (χ4n) is 3.74. The number of piperazine rings is 1. The summed E-state index contributed by atoms with van der Waals surface area (Å²) < 4.78 is 39.8. The fraction of sp³-hybridized carbons (Fsp3) is 0.231. The van der Waals surface area contributed by atoms with Crippen LogP contribution in [-0.2, 0) is 6.18 Å². The molecule has 0 aliphatic carbocycles. The monoisotopic (exact) mass is 465 g/mol. The molecule has 34 heavy (non-hydrogen) atoms. The van der Waals surface area contributed by atoms with E-state index in [1.807, 2.05) is 23.1 Å². The predicted molar refractivity (Wildman–Crippen MR) is 122 cm³/mol. The van der Waals surface area contributed by atoms with E-state index < -0.39 is 23.8 Å². The highest BCUT2D eigenvalue weighted by atomic mass is 19.4. The van der Waals surface area contributed by atoms with Gasteiger partial charge < -0.3 is 14.9 Å². The summed E-state index contributed by atoms with van der Waals surface area (Å²) in [6, 6.07) is 17.6. The van der Waals surface area contributed by atoms with Crippen LogP contribution < -0.4 is 4.90 Å². The maximum atomic E-state index is 13.3. The van der Waals surface area contributed by atoms with Crippen LogP contribution in [-0.4, -0.2) is 47.1 Å². The second-order valence-corrected chi connectivity index (χ2v) is 7.81. The smallest absolute Gasteiger partial charge is 0.376 e. The quantitative estimate of drug-likeness (QED) is 0.591. The molecular formula is C26H22F3N3O2. The van der Waals surface area contributed by atoms with Gasteiger partial charge in [0.05, 0.1) is 11.1 Å². The van der Waals surface area contributed by atoms with E-state index in [1.54, 1.807) is 30.5 Å². The van der Waals surface area contributed by atoms with Crippen LogP contribution in [0.2, 0.25) is 0 Å². The molecule has 5 nitrogen and oxygen atoms in total. The van der Waals surface area contributed by atoms with E-state index in [0.717, 1.165) is 6.07 Å². The number of benzene rings is 2. The first kappa shape index (κ1) is 23.3. The second-order valence-electron chi connectivity index (χ2n) is 7.81. The summed E-state index contributed by atoms with van der Waals surface area (Å²) in [6.07, 6.45) is -3.87. The number of carbonyl (C=O) groups excluding carboxylic acids is 1. The van der Waals surface area contributed by atoms with Gasteiger partial charge in [-0.2, -0.15) is 13.2 Å². The average Bonchev–Trinajstić information content (AvgIpc) is 2.87. The molecular weight excluding hydrogens is 443 g/mol. The van der Waals surface area contributed by atoms with Crippen molar-refractivity contribution in [2.24, 2.45) is 0 Å². The van der Waals surface area contributed by atoms with Gasteiger partial charge in [-0.15, -0.1) is 0 Å². The van der Waals surface area contributed by atoms with Gasteiger partial charge in [0.2, 0.25) is 0 Å². The molecule has 1 unspecified atom stereocenters. The Morgan fingerprint density at radius 3 is 2.26 bits per heavy atom.